The van der Waals surface area contributed by atoms with Gasteiger partial charge in [-0.15, -0.1) is 0 Å². The average molecular weight is 262 g/mol. The largest absolute Gasteiger partial charge is 0.481 e. The Morgan fingerprint density at radius 2 is 1.44 bits per heavy atom. The fourth-order valence-electron chi connectivity index (χ4n) is 1.29. The molecule has 8 heteroatoms. The first-order valence-electron chi connectivity index (χ1n) is 5.12. The summed E-state index contributed by atoms with van der Waals surface area (Å²) in [5.74, 6) is -5.87. The van der Waals surface area contributed by atoms with E-state index in [1.807, 2.05) is 0 Å². The number of aliphatic carboxylic acids is 3. The summed E-state index contributed by atoms with van der Waals surface area (Å²) in [7, 11) is 0. The van der Waals surface area contributed by atoms with E-state index in [9.17, 15) is 19.2 Å². The van der Waals surface area contributed by atoms with Crippen LogP contribution in [0, 0.1) is 0 Å². The molecule has 0 radical (unpaired) electrons. The van der Waals surface area contributed by atoms with Crippen molar-refractivity contribution in [2.45, 2.75) is 38.2 Å². The van der Waals surface area contributed by atoms with Gasteiger partial charge in [0.05, 0.1) is 12.8 Å². The van der Waals surface area contributed by atoms with E-state index in [-0.39, 0.29) is 6.42 Å². The Hall–Kier alpha value is -2.12. The number of carbonyl (C=O) groups excluding carboxylic acids is 1. The molecule has 18 heavy (non-hydrogen) atoms. The van der Waals surface area contributed by atoms with Crippen molar-refractivity contribution in [3.05, 3.63) is 0 Å². The van der Waals surface area contributed by atoms with Gasteiger partial charge in [-0.3, -0.25) is 14.4 Å². The zero-order valence-corrected chi connectivity index (χ0v) is 9.71. The van der Waals surface area contributed by atoms with Gasteiger partial charge in [-0.2, -0.15) is 0 Å². The first-order chi connectivity index (χ1) is 8.23. The van der Waals surface area contributed by atoms with Crippen molar-refractivity contribution in [2.75, 3.05) is 0 Å². The van der Waals surface area contributed by atoms with Gasteiger partial charge >= 0.3 is 23.9 Å². The summed E-state index contributed by atoms with van der Waals surface area (Å²) >= 11 is 0. The summed E-state index contributed by atoms with van der Waals surface area (Å²) in [4.78, 5) is 43.5. The van der Waals surface area contributed by atoms with Crippen molar-refractivity contribution in [3.8, 4) is 0 Å². The molecule has 0 rings (SSSR count). The van der Waals surface area contributed by atoms with Crippen LogP contribution < -0.4 is 0 Å². The fraction of sp³-hybridized carbons (Fsp3) is 0.600. The van der Waals surface area contributed by atoms with E-state index in [4.69, 9.17) is 15.3 Å². The Morgan fingerprint density at radius 1 is 1.00 bits per heavy atom. The predicted octanol–water partition coefficient (Wildman–Crippen LogP) is 0.102. The number of hydrogen-bond acceptors (Lipinski definition) is 5. The zero-order chi connectivity index (χ0) is 14.3. The third-order valence-electron chi connectivity index (χ3n) is 2.03. The molecule has 3 N–H and O–H groups in total. The molecule has 0 amide bonds. The van der Waals surface area contributed by atoms with E-state index in [1.165, 1.54) is 0 Å². The second-order valence-corrected chi connectivity index (χ2v) is 3.66. The molecule has 0 aliphatic rings. The minimum atomic E-state index is -2.57. The Labute approximate surface area is 102 Å². The second kappa shape index (κ2) is 6.58. The Bertz CT molecular complexity index is 343. The van der Waals surface area contributed by atoms with Gasteiger partial charge in [-0.05, 0) is 6.42 Å². The van der Waals surface area contributed by atoms with Gasteiger partial charge in [-0.1, -0.05) is 6.92 Å². The van der Waals surface area contributed by atoms with Crippen molar-refractivity contribution in [1.29, 1.82) is 0 Å². The lowest BCUT2D eigenvalue weighted by Gasteiger charge is -2.26. The molecule has 0 unspecified atom stereocenters. The third-order valence-corrected chi connectivity index (χ3v) is 2.03. The maximum Gasteiger partial charge on any atom is 0.349 e. The van der Waals surface area contributed by atoms with E-state index < -0.39 is 42.3 Å². The minimum absolute atomic E-state index is 0.117. The number of ether oxygens (including phenoxy) is 1. The number of carboxylic acids is 3. The fourth-order valence-corrected chi connectivity index (χ4v) is 1.29. The molecule has 0 aliphatic carbocycles. The second-order valence-electron chi connectivity index (χ2n) is 3.66. The highest BCUT2D eigenvalue weighted by Crippen LogP contribution is 2.23. The van der Waals surface area contributed by atoms with Gasteiger partial charge in [0.1, 0.15) is 0 Å². The van der Waals surface area contributed by atoms with Gasteiger partial charge in [0.15, 0.2) is 0 Å². The molecule has 0 saturated carbocycles. The Kier molecular flexibility index (Phi) is 5.80. The maximum absolute atomic E-state index is 11.3. The van der Waals surface area contributed by atoms with Crippen molar-refractivity contribution < 1.29 is 39.2 Å². The number of hydrogen-bond donors (Lipinski definition) is 3. The highest BCUT2D eigenvalue weighted by atomic mass is 16.6. The lowest BCUT2D eigenvalue weighted by Crippen LogP contribution is -2.47. The van der Waals surface area contributed by atoms with Crippen LogP contribution in [0.5, 0.6) is 0 Å². The van der Waals surface area contributed by atoms with E-state index in [0.717, 1.165) is 0 Å². The summed E-state index contributed by atoms with van der Waals surface area (Å²) in [5.41, 5.74) is -2.57. The zero-order valence-electron chi connectivity index (χ0n) is 9.71. The Balaban J connectivity index is 5.18. The summed E-state index contributed by atoms with van der Waals surface area (Å²) in [6, 6.07) is 0. The molecule has 0 aromatic rings. The van der Waals surface area contributed by atoms with E-state index >= 15 is 0 Å². The number of carboxylic acid groups (broad SMARTS) is 3. The number of esters is 1. The van der Waals surface area contributed by atoms with Crippen LogP contribution in [-0.2, 0) is 23.9 Å². The summed E-state index contributed by atoms with van der Waals surface area (Å²) in [6.07, 6.45) is -1.96. The van der Waals surface area contributed by atoms with Crippen LogP contribution in [0.15, 0.2) is 0 Å². The lowest BCUT2D eigenvalue weighted by atomic mass is 9.95. The van der Waals surface area contributed by atoms with Crippen LogP contribution in [0.4, 0.5) is 0 Å². The van der Waals surface area contributed by atoms with Gasteiger partial charge in [-0.25, -0.2) is 4.79 Å². The van der Waals surface area contributed by atoms with Crippen molar-refractivity contribution in [1.82, 2.24) is 0 Å². The van der Waals surface area contributed by atoms with Gasteiger partial charge in [0, 0.05) is 6.42 Å². The molecule has 0 spiro atoms. The molecule has 0 bridgehead atoms. The highest BCUT2D eigenvalue weighted by Gasteiger charge is 2.47. The molecule has 0 aliphatic heterocycles. The molecular formula is C10H14O8. The predicted molar refractivity (Wildman–Crippen MR) is 55.9 cm³/mol. The van der Waals surface area contributed by atoms with E-state index in [2.05, 4.69) is 4.74 Å². The third kappa shape index (κ3) is 4.81. The first kappa shape index (κ1) is 15.9. The van der Waals surface area contributed by atoms with Crippen molar-refractivity contribution in [3.63, 3.8) is 0 Å². The summed E-state index contributed by atoms with van der Waals surface area (Å²) < 4.78 is 4.56. The normalized spacial score (nSPS) is 10.7. The quantitative estimate of drug-likeness (QED) is 0.523. The molecule has 0 saturated heterocycles. The first-order valence-corrected chi connectivity index (χ1v) is 5.12. The van der Waals surface area contributed by atoms with Crippen LogP contribution in [0.25, 0.3) is 0 Å². The highest BCUT2D eigenvalue weighted by molar-refractivity contribution is 5.90. The van der Waals surface area contributed by atoms with Gasteiger partial charge in [0.2, 0.25) is 5.60 Å². The summed E-state index contributed by atoms with van der Waals surface area (Å²) in [6.45, 7) is 1.64. The van der Waals surface area contributed by atoms with Gasteiger partial charge < -0.3 is 20.1 Å². The molecule has 0 aromatic carbocycles. The molecule has 0 fully saturated rings. The average Bonchev–Trinajstić information content (AvgIpc) is 2.14. The van der Waals surface area contributed by atoms with Crippen molar-refractivity contribution >= 4 is 23.9 Å². The summed E-state index contributed by atoms with van der Waals surface area (Å²) in [5, 5.41) is 26.1. The molecule has 0 heterocycles. The lowest BCUT2D eigenvalue weighted by molar-refractivity contribution is -0.186. The molecule has 102 valence electrons. The SMILES string of the molecule is CCCC(=O)OC(CC(=O)O)(CC(=O)O)C(=O)O. The number of carbonyl (C=O) groups is 4. The molecule has 0 atom stereocenters. The molecular weight excluding hydrogens is 248 g/mol. The molecule has 8 nitrogen and oxygen atoms in total. The van der Waals surface area contributed by atoms with Crippen LogP contribution in [0.3, 0.4) is 0 Å². The maximum atomic E-state index is 11.3. The topological polar surface area (TPSA) is 138 Å². The van der Waals surface area contributed by atoms with Crippen LogP contribution in [-0.4, -0.2) is 44.8 Å². The smallest absolute Gasteiger partial charge is 0.349 e. The number of rotatable bonds is 8. The van der Waals surface area contributed by atoms with Gasteiger partial charge in [0.25, 0.3) is 0 Å². The minimum Gasteiger partial charge on any atom is -0.481 e. The van der Waals surface area contributed by atoms with Crippen LogP contribution in [0.1, 0.15) is 32.6 Å². The van der Waals surface area contributed by atoms with Crippen molar-refractivity contribution in [2.24, 2.45) is 0 Å². The van der Waals surface area contributed by atoms with E-state index in [0.29, 0.717) is 6.42 Å². The van der Waals surface area contributed by atoms with Crippen LogP contribution in [0.2, 0.25) is 0 Å². The standard InChI is InChI=1S/C10H14O8/c1-2-3-8(15)18-10(9(16)17,4-6(11)12)5-7(13)14/h2-5H2,1H3,(H,11,12)(H,13,14)(H,16,17). The monoisotopic (exact) mass is 262 g/mol. The molecule has 0 aromatic heterocycles. The van der Waals surface area contributed by atoms with Crippen LogP contribution >= 0.6 is 0 Å². The Morgan fingerprint density at radius 3 is 1.72 bits per heavy atom. The van der Waals surface area contributed by atoms with E-state index in [1.54, 1.807) is 6.92 Å².